The van der Waals surface area contributed by atoms with Crippen LogP contribution in [0.25, 0.3) is 10.2 Å². The molecule has 1 saturated heterocycles. The molecule has 11 heteroatoms. The molecule has 0 spiro atoms. The van der Waals surface area contributed by atoms with Crippen LogP contribution in [-0.4, -0.2) is 38.4 Å². The van der Waals surface area contributed by atoms with Gasteiger partial charge in [-0.25, -0.2) is 9.97 Å². The molecule has 1 unspecified atom stereocenters. The van der Waals surface area contributed by atoms with Gasteiger partial charge in [-0.15, -0.1) is 11.3 Å². The van der Waals surface area contributed by atoms with Gasteiger partial charge in [0.2, 0.25) is 0 Å². The van der Waals surface area contributed by atoms with Gasteiger partial charge >= 0.3 is 5.97 Å². The highest BCUT2D eigenvalue weighted by molar-refractivity contribution is 7.22. The molecular weight excluding hydrogens is 532 g/mol. The maximum absolute atomic E-state index is 12.6. The van der Waals surface area contributed by atoms with E-state index in [0.717, 1.165) is 38.1 Å². The summed E-state index contributed by atoms with van der Waals surface area (Å²) in [5.74, 6) is -0.958. The summed E-state index contributed by atoms with van der Waals surface area (Å²) in [4.78, 5) is 39.8. The average molecular weight is 557 g/mol. The minimum atomic E-state index is -0.829. The zero-order valence-electron chi connectivity index (χ0n) is 20.0. The molecular formula is C26H25ClN4O4S2. The molecule has 2 atom stereocenters. The Balaban J connectivity index is 1.30. The van der Waals surface area contributed by atoms with Crippen LogP contribution in [-0.2, 0) is 20.8 Å². The molecule has 5 rings (SSSR count). The van der Waals surface area contributed by atoms with Crippen LogP contribution in [0.1, 0.15) is 53.8 Å². The number of halogens is 1. The molecule has 0 saturated carbocycles. The number of carbonyl (C=O) groups is 2. The van der Waals surface area contributed by atoms with Crippen LogP contribution in [0.5, 0.6) is 0 Å². The minimum Gasteiger partial charge on any atom is -0.481 e. The second-order valence-electron chi connectivity index (χ2n) is 8.80. The molecule has 0 aliphatic carbocycles. The Morgan fingerprint density at radius 1 is 1.27 bits per heavy atom. The van der Waals surface area contributed by atoms with Gasteiger partial charge in [-0.2, -0.15) is 5.06 Å². The third-order valence-corrected chi connectivity index (χ3v) is 8.51. The summed E-state index contributed by atoms with van der Waals surface area (Å²) in [6.07, 6.45) is 3.21. The van der Waals surface area contributed by atoms with Gasteiger partial charge in [0, 0.05) is 17.6 Å². The van der Waals surface area contributed by atoms with Crippen molar-refractivity contribution in [3.05, 3.63) is 69.1 Å². The minimum absolute atomic E-state index is 0.0729. The highest BCUT2D eigenvalue weighted by Gasteiger charge is 2.33. The van der Waals surface area contributed by atoms with Gasteiger partial charge in [-0.1, -0.05) is 41.1 Å². The molecule has 0 radical (unpaired) electrons. The van der Waals surface area contributed by atoms with E-state index in [9.17, 15) is 9.59 Å². The predicted molar refractivity (Wildman–Crippen MR) is 146 cm³/mol. The third-order valence-electron chi connectivity index (χ3n) is 6.09. The SMILES string of the molecule is CC(=O)C(ON1CCC[C@H]1c1ncc(CCC(=O)O)s1)c1ccc(Nc2nc3ccccc3s2)c(Cl)c1. The summed E-state index contributed by atoms with van der Waals surface area (Å²) >= 11 is 9.65. The lowest BCUT2D eigenvalue weighted by Crippen LogP contribution is -2.28. The second-order valence-corrected chi connectivity index (χ2v) is 11.4. The first-order valence-corrected chi connectivity index (χ1v) is 13.9. The Morgan fingerprint density at radius 3 is 2.86 bits per heavy atom. The highest BCUT2D eigenvalue weighted by Crippen LogP contribution is 2.38. The lowest BCUT2D eigenvalue weighted by molar-refractivity contribution is -0.209. The number of nitrogens with one attached hydrogen (secondary N) is 1. The van der Waals surface area contributed by atoms with Crippen molar-refractivity contribution in [3.8, 4) is 0 Å². The number of rotatable bonds is 10. The fourth-order valence-electron chi connectivity index (χ4n) is 4.28. The van der Waals surface area contributed by atoms with E-state index in [-0.39, 0.29) is 18.2 Å². The fraction of sp³-hybridized carbons (Fsp3) is 0.308. The van der Waals surface area contributed by atoms with Crippen molar-refractivity contribution in [3.63, 3.8) is 0 Å². The predicted octanol–water partition coefficient (Wildman–Crippen LogP) is 6.57. The Hall–Kier alpha value is -2.89. The number of carboxylic acids is 1. The van der Waals surface area contributed by atoms with Gasteiger partial charge < -0.3 is 10.4 Å². The lowest BCUT2D eigenvalue weighted by atomic mass is 10.1. The summed E-state index contributed by atoms with van der Waals surface area (Å²) in [6, 6.07) is 13.3. The highest BCUT2D eigenvalue weighted by atomic mass is 35.5. The van der Waals surface area contributed by atoms with Crippen LogP contribution < -0.4 is 5.32 Å². The number of aromatic nitrogens is 2. The molecule has 3 heterocycles. The van der Waals surface area contributed by atoms with E-state index < -0.39 is 12.1 Å². The molecule has 0 amide bonds. The summed E-state index contributed by atoms with van der Waals surface area (Å²) in [5, 5.41) is 16.1. The van der Waals surface area contributed by atoms with Crippen molar-refractivity contribution in [1.29, 1.82) is 0 Å². The van der Waals surface area contributed by atoms with E-state index in [0.29, 0.717) is 29.2 Å². The van der Waals surface area contributed by atoms with Gasteiger partial charge in [-0.05, 0) is 56.0 Å². The number of benzene rings is 2. The van der Waals surface area contributed by atoms with Crippen molar-refractivity contribution in [2.75, 3.05) is 11.9 Å². The van der Waals surface area contributed by atoms with Gasteiger partial charge in [-0.3, -0.25) is 14.4 Å². The molecule has 4 aromatic rings. The Bertz CT molecular complexity index is 1410. The number of Topliss-reactive ketones (excluding diaryl/α,β-unsaturated/α-hetero) is 1. The number of nitrogens with zero attached hydrogens (tertiary/aromatic N) is 3. The van der Waals surface area contributed by atoms with E-state index >= 15 is 0 Å². The monoisotopic (exact) mass is 556 g/mol. The number of fused-ring (bicyclic) bond motifs is 1. The topological polar surface area (TPSA) is 105 Å². The number of carbonyl (C=O) groups excluding carboxylic acids is 1. The number of ketones is 1. The summed E-state index contributed by atoms with van der Waals surface area (Å²) in [6.45, 7) is 2.17. The molecule has 8 nitrogen and oxygen atoms in total. The fourth-order valence-corrected chi connectivity index (χ4v) is 6.45. The van der Waals surface area contributed by atoms with Crippen molar-refractivity contribution in [1.82, 2.24) is 15.0 Å². The average Bonchev–Trinajstić information content (AvgIpc) is 3.61. The normalized spacial score (nSPS) is 16.8. The van der Waals surface area contributed by atoms with Crippen LogP contribution in [0.2, 0.25) is 5.02 Å². The first kappa shape index (κ1) is 25.7. The quantitative estimate of drug-likeness (QED) is 0.226. The smallest absolute Gasteiger partial charge is 0.303 e. The van der Waals surface area contributed by atoms with Crippen LogP contribution >= 0.6 is 34.3 Å². The number of hydrogen-bond donors (Lipinski definition) is 2. The number of anilines is 2. The van der Waals surface area contributed by atoms with Crippen molar-refractivity contribution in [2.24, 2.45) is 0 Å². The molecule has 1 fully saturated rings. The van der Waals surface area contributed by atoms with E-state index in [2.05, 4.69) is 15.3 Å². The first-order chi connectivity index (χ1) is 17.9. The van der Waals surface area contributed by atoms with Crippen LogP contribution in [0, 0.1) is 0 Å². The van der Waals surface area contributed by atoms with Gasteiger partial charge in [0.1, 0.15) is 5.01 Å². The van der Waals surface area contributed by atoms with Crippen LogP contribution in [0.3, 0.4) is 0 Å². The number of aliphatic carboxylic acids is 1. The number of hydrogen-bond acceptors (Lipinski definition) is 9. The first-order valence-electron chi connectivity index (χ1n) is 11.9. The molecule has 37 heavy (non-hydrogen) atoms. The lowest BCUT2D eigenvalue weighted by Gasteiger charge is -2.27. The zero-order chi connectivity index (χ0) is 25.9. The number of thiazole rings is 2. The van der Waals surface area contributed by atoms with Gasteiger partial charge in [0.05, 0.1) is 33.4 Å². The van der Waals surface area contributed by atoms with Crippen LogP contribution in [0.4, 0.5) is 10.8 Å². The van der Waals surface area contributed by atoms with E-state index in [1.54, 1.807) is 23.6 Å². The number of hydroxylamine groups is 2. The third kappa shape index (κ3) is 6.00. The molecule has 2 N–H and O–H groups in total. The summed E-state index contributed by atoms with van der Waals surface area (Å²) in [7, 11) is 0. The Morgan fingerprint density at radius 2 is 2.11 bits per heavy atom. The molecule has 192 valence electrons. The number of para-hydroxylation sites is 1. The summed E-state index contributed by atoms with van der Waals surface area (Å²) in [5.41, 5.74) is 2.28. The Kier molecular flexibility index (Phi) is 7.82. The van der Waals surface area contributed by atoms with Gasteiger partial charge in [0.25, 0.3) is 0 Å². The maximum Gasteiger partial charge on any atom is 0.303 e. The molecule has 1 aliphatic rings. The second kappa shape index (κ2) is 11.2. The van der Waals surface area contributed by atoms with Crippen molar-refractivity contribution in [2.45, 2.75) is 44.8 Å². The van der Waals surface area contributed by atoms with Crippen molar-refractivity contribution < 1.29 is 19.5 Å². The molecule has 2 aromatic carbocycles. The van der Waals surface area contributed by atoms with E-state index in [1.807, 2.05) is 41.5 Å². The number of carboxylic acid groups (broad SMARTS) is 1. The van der Waals surface area contributed by atoms with Crippen LogP contribution in [0.15, 0.2) is 48.7 Å². The molecule has 2 aromatic heterocycles. The van der Waals surface area contributed by atoms with E-state index in [4.69, 9.17) is 21.5 Å². The molecule has 0 bridgehead atoms. The Labute approximate surface area is 226 Å². The molecule has 1 aliphatic heterocycles. The zero-order valence-corrected chi connectivity index (χ0v) is 22.4. The number of aryl methyl sites for hydroxylation is 1. The van der Waals surface area contributed by atoms with Crippen molar-refractivity contribution >= 4 is 67.1 Å². The maximum atomic E-state index is 12.6. The standard InChI is InChI=1S/C26H25ClN4O4S2/c1-15(32)24(35-31-12-4-6-21(31)25-28-14-17(36-25)9-11-23(33)34)16-8-10-19(18(27)13-16)29-26-30-20-5-2-3-7-22(20)37-26/h2-3,5,7-8,10,13-14,21,24H,4,6,9,11-12H2,1H3,(H,29,30)(H,33,34)/t21-,24?/m0/s1. The summed E-state index contributed by atoms with van der Waals surface area (Å²) < 4.78 is 1.08. The largest absolute Gasteiger partial charge is 0.481 e. The van der Waals surface area contributed by atoms with Gasteiger partial charge in [0.15, 0.2) is 17.0 Å². The van der Waals surface area contributed by atoms with E-state index in [1.165, 1.54) is 18.3 Å².